The van der Waals surface area contributed by atoms with Crippen molar-refractivity contribution >= 4 is 21.8 Å². The molecule has 1 N–H and O–H groups in total. The van der Waals surface area contributed by atoms with Gasteiger partial charge in [0.05, 0.1) is 18.8 Å². The second-order valence-corrected chi connectivity index (χ2v) is 3.37. The number of carbonyl (C=O) groups excluding carboxylic acids is 1. The highest BCUT2D eigenvalue weighted by Crippen LogP contribution is 2.11. The Labute approximate surface area is 95.9 Å². The molecule has 0 radical (unpaired) electrons. The molecule has 0 saturated carbocycles. The van der Waals surface area contributed by atoms with Gasteiger partial charge in [-0.25, -0.2) is 10.5 Å². The van der Waals surface area contributed by atoms with E-state index in [-0.39, 0.29) is 5.91 Å². The summed E-state index contributed by atoms with van der Waals surface area (Å²) in [5.41, 5.74) is 2.71. The molecule has 1 amide bonds. The number of hydrogen-bond donors (Lipinski definition) is 1. The Kier molecular flexibility index (Phi) is 5.23. The summed E-state index contributed by atoms with van der Waals surface area (Å²) in [7, 11) is 1.56. The van der Waals surface area contributed by atoms with E-state index >= 15 is 0 Å². The molecule has 0 bridgehead atoms. The van der Waals surface area contributed by atoms with Crippen LogP contribution < -0.4 is 5.48 Å². The van der Waals surface area contributed by atoms with E-state index < -0.39 is 0 Å². The largest absolute Gasteiger partial charge is 0.382 e. The number of nitrogens with one attached hydrogen (secondary N) is 1. The zero-order chi connectivity index (χ0) is 11.1. The zero-order valence-corrected chi connectivity index (χ0v) is 9.78. The Morgan fingerprint density at radius 1 is 1.60 bits per heavy atom. The molecule has 0 aliphatic rings. The smallest absolute Gasteiger partial charge is 0.277 e. The number of aromatic nitrogens is 1. The van der Waals surface area contributed by atoms with Gasteiger partial charge in [-0.15, -0.1) is 0 Å². The summed E-state index contributed by atoms with van der Waals surface area (Å²) >= 11 is 3.17. The highest BCUT2D eigenvalue weighted by Gasteiger charge is 2.09. The van der Waals surface area contributed by atoms with Gasteiger partial charge in [-0.05, 0) is 28.1 Å². The molecule has 1 rings (SSSR count). The van der Waals surface area contributed by atoms with Crippen LogP contribution in [0.3, 0.4) is 0 Å². The van der Waals surface area contributed by atoms with E-state index in [4.69, 9.17) is 9.57 Å². The molecule has 15 heavy (non-hydrogen) atoms. The van der Waals surface area contributed by atoms with Crippen LogP contribution in [0.5, 0.6) is 0 Å². The van der Waals surface area contributed by atoms with Crippen molar-refractivity contribution in [3.8, 4) is 0 Å². The summed E-state index contributed by atoms with van der Waals surface area (Å²) in [6, 6.07) is 3.32. The highest BCUT2D eigenvalue weighted by molar-refractivity contribution is 9.10. The zero-order valence-electron chi connectivity index (χ0n) is 8.20. The lowest BCUT2D eigenvalue weighted by Crippen LogP contribution is -2.25. The number of hydrogen-bond acceptors (Lipinski definition) is 4. The van der Waals surface area contributed by atoms with Crippen LogP contribution >= 0.6 is 15.9 Å². The molecular weight excluding hydrogens is 264 g/mol. The predicted octanol–water partition coefficient (Wildman–Crippen LogP) is 1.15. The van der Waals surface area contributed by atoms with Crippen molar-refractivity contribution in [3.05, 3.63) is 28.5 Å². The molecule has 1 aromatic heterocycles. The van der Waals surface area contributed by atoms with Gasteiger partial charge < -0.3 is 4.74 Å². The standard InChI is InChI=1S/C9H11BrN2O3/c1-14-5-6-15-12-9(13)7-3-2-4-11-8(7)10/h2-4H,5-6H2,1H3,(H,12,13). The number of methoxy groups -OCH3 is 1. The topological polar surface area (TPSA) is 60.5 Å². The van der Waals surface area contributed by atoms with Gasteiger partial charge in [0.1, 0.15) is 4.60 Å². The lowest BCUT2D eigenvalue weighted by molar-refractivity contribution is 0.00881. The molecule has 0 unspecified atom stereocenters. The minimum Gasteiger partial charge on any atom is -0.382 e. The first-order chi connectivity index (χ1) is 7.25. The minimum atomic E-state index is -0.342. The molecule has 1 aromatic rings. The maximum absolute atomic E-state index is 11.5. The number of hydroxylamine groups is 1. The molecule has 0 atom stereocenters. The van der Waals surface area contributed by atoms with Gasteiger partial charge in [0.2, 0.25) is 0 Å². The van der Waals surface area contributed by atoms with Crippen LogP contribution in [0.2, 0.25) is 0 Å². The predicted molar refractivity (Wildman–Crippen MR) is 57.2 cm³/mol. The van der Waals surface area contributed by atoms with E-state index in [9.17, 15) is 4.79 Å². The molecule has 0 spiro atoms. The molecule has 6 heteroatoms. The van der Waals surface area contributed by atoms with Crippen LogP contribution in [0.1, 0.15) is 10.4 Å². The van der Waals surface area contributed by atoms with Crippen LogP contribution in [-0.4, -0.2) is 31.2 Å². The first-order valence-corrected chi connectivity index (χ1v) is 5.06. The Bertz CT molecular complexity index is 333. The van der Waals surface area contributed by atoms with E-state index in [1.807, 2.05) is 0 Å². The van der Waals surface area contributed by atoms with E-state index in [0.29, 0.717) is 23.4 Å². The Morgan fingerprint density at radius 3 is 3.07 bits per heavy atom. The van der Waals surface area contributed by atoms with Crippen LogP contribution in [0.15, 0.2) is 22.9 Å². The number of carbonyl (C=O) groups is 1. The summed E-state index contributed by atoms with van der Waals surface area (Å²) in [6.45, 7) is 0.731. The molecule has 1 heterocycles. The molecule has 0 aromatic carbocycles. The molecule has 0 fully saturated rings. The van der Waals surface area contributed by atoms with Crippen molar-refractivity contribution in [2.75, 3.05) is 20.3 Å². The van der Waals surface area contributed by atoms with Crippen molar-refractivity contribution in [2.24, 2.45) is 0 Å². The van der Waals surface area contributed by atoms with Gasteiger partial charge in [-0.2, -0.15) is 0 Å². The third-order valence-electron chi connectivity index (χ3n) is 1.56. The monoisotopic (exact) mass is 274 g/mol. The van der Waals surface area contributed by atoms with Crippen LogP contribution in [-0.2, 0) is 9.57 Å². The van der Waals surface area contributed by atoms with Gasteiger partial charge >= 0.3 is 0 Å². The first kappa shape index (κ1) is 12.1. The van der Waals surface area contributed by atoms with Gasteiger partial charge in [-0.3, -0.25) is 9.63 Å². The van der Waals surface area contributed by atoms with Crippen molar-refractivity contribution in [2.45, 2.75) is 0 Å². The summed E-state index contributed by atoms with van der Waals surface area (Å²) in [5.74, 6) is -0.342. The second-order valence-electron chi connectivity index (χ2n) is 2.61. The van der Waals surface area contributed by atoms with Gasteiger partial charge in [-0.1, -0.05) is 0 Å². The van der Waals surface area contributed by atoms with Gasteiger partial charge in [0.15, 0.2) is 0 Å². The fraction of sp³-hybridized carbons (Fsp3) is 0.333. The van der Waals surface area contributed by atoms with E-state index in [1.165, 1.54) is 0 Å². The summed E-state index contributed by atoms with van der Waals surface area (Å²) in [4.78, 5) is 20.3. The van der Waals surface area contributed by atoms with Gasteiger partial charge in [0, 0.05) is 13.3 Å². The molecule has 0 aliphatic heterocycles. The number of amides is 1. The van der Waals surface area contributed by atoms with Gasteiger partial charge in [0.25, 0.3) is 5.91 Å². The highest BCUT2D eigenvalue weighted by atomic mass is 79.9. The Balaban J connectivity index is 2.44. The third-order valence-corrected chi connectivity index (χ3v) is 2.19. The quantitative estimate of drug-likeness (QED) is 0.497. The molecular formula is C9H11BrN2O3. The van der Waals surface area contributed by atoms with Crippen molar-refractivity contribution in [1.29, 1.82) is 0 Å². The number of pyridine rings is 1. The number of rotatable bonds is 5. The summed E-state index contributed by atoms with van der Waals surface area (Å²) < 4.78 is 5.24. The molecule has 82 valence electrons. The van der Waals surface area contributed by atoms with Crippen molar-refractivity contribution in [3.63, 3.8) is 0 Å². The number of ether oxygens (including phenoxy) is 1. The third kappa shape index (κ3) is 3.94. The average molecular weight is 275 g/mol. The van der Waals surface area contributed by atoms with Crippen molar-refractivity contribution < 1.29 is 14.4 Å². The van der Waals surface area contributed by atoms with E-state index in [0.717, 1.165) is 0 Å². The Hall–Kier alpha value is -0.980. The average Bonchev–Trinajstić information content (AvgIpc) is 2.25. The lowest BCUT2D eigenvalue weighted by atomic mass is 10.3. The van der Waals surface area contributed by atoms with Crippen LogP contribution in [0.25, 0.3) is 0 Å². The molecule has 0 saturated heterocycles. The minimum absolute atomic E-state index is 0.306. The fourth-order valence-electron chi connectivity index (χ4n) is 0.852. The maximum Gasteiger partial charge on any atom is 0.277 e. The molecule has 0 aliphatic carbocycles. The fourth-order valence-corrected chi connectivity index (χ4v) is 1.28. The second kappa shape index (κ2) is 6.49. The Morgan fingerprint density at radius 2 is 2.40 bits per heavy atom. The number of nitrogens with zero attached hydrogens (tertiary/aromatic N) is 1. The molecule has 5 nitrogen and oxygen atoms in total. The maximum atomic E-state index is 11.5. The SMILES string of the molecule is COCCONC(=O)c1cccnc1Br. The number of halogens is 1. The first-order valence-electron chi connectivity index (χ1n) is 4.27. The van der Waals surface area contributed by atoms with Crippen LogP contribution in [0.4, 0.5) is 0 Å². The van der Waals surface area contributed by atoms with E-state index in [2.05, 4.69) is 26.4 Å². The van der Waals surface area contributed by atoms with Crippen molar-refractivity contribution in [1.82, 2.24) is 10.5 Å². The van der Waals surface area contributed by atoms with Crippen LogP contribution in [0, 0.1) is 0 Å². The van der Waals surface area contributed by atoms with E-state index in [1.54, 1.807) is 25.4 Å². The summed E-state index contributed by atoms with van der Waals surface area (Å²) in [6.07, 6.45) is 1.59. The normalized spacial score (nSPS) is 10.0. The lowest BCUT2D eigenvalue weighted by Gasteiger charge is -2.05. The summed E-state index contributed by atoms with van der Waals surface area (Å²) in [5, 5.41) is 0.